The molecular formula is C13H21F2NO. The summed E-state index contributed by atoms with van der Waals surface area (Å²) in [6.45, 7) is 6.99. The number of piperidine rings is 1. The van der Waals surface area contributed by atoms with Crippen molar-refractivity contribution in [2.24, 2.45) is 10.8 Å². The molecule has 98 valence electrons. The quantitative estimate of drug-likeness (QED) is 0.642. The van der Waals surface area contributed by atoms with Crippen LogP contribution in [0.25, 0.3) is 0 Å². The standard InChI is InChI=1S/C13H21F2NO/c1-11(2,3)10(17)16-6-4-12(5-7-16)8-13(14,15)9-12/h4-9H2,1-3H3. The Labute approximate surface area is 101 Å². The summed E-state index contributed by atoms with van der Waals surface area (Å²) >= 11 is 0. The van der Waals surface area contributed by atoms with Gasteiger partial charge >= 0.3 is 0 Å². The van der Waals surface area contributed by atoms with Crippen LogP contribution in [0, 0.1) is 10.8 Å². The molecule has 0 aromatic rings. The van der Waals surface area contributed by atoms with Crippen LogP contribution in [0.5, 0.6) is 0 Å². The molecular weight excluding hydrogens is 224 g/mol. The van der Waals surface area contributed by atoms with Crippen LogP contribution < -0.4 is 0 Å². The van der Waals surface area contributed by atoms with E-state index in [1.807, 2.05) is 25.7 Å². The minimum Gasteiger partial charge on any atom is -0.342 e. The van der Waals surface area contributed by atoms with Crippen molar-refractivity contribution < 1.29 is 13.6 Å². The predicted octanol–water partition coefficient (Wildman–Crippen LogP) is 3.07. The van der Waals surface area contributed by atoms with Gasteiger partial charge in [0.15, 0.2) is 0 Å². The third-order valence-electron chi connectivity index (χ3n) is 4.02. The number of hydrogen-bond acceptors (Lipinski definition) is 1. The lowest BCUT2D eigenvalue weighted by molar-refractivity contribution is -0.181. The third kappa shape index (κ3) is 2.45. The van der Waals surface area contributed by atoms with Gasteiger partial charge in [-0.05, 0) is 18.3 Å². The molecule has 17 heavy (non-hydrogen) atoms. The number of rotatable bonds is 0. The lowest BCUT2D eigenvalue weighted by Crippen LogP contribution is -2.54. The number of halogens is 2. The number of amides is 1. The van der Waals surface area contributed by atoms with Crippen molar-refractivity contribution in [3.05, 3.63) is 0 Å². The van der Waals surface area contributed by atoms with E-state index in [1.165, 1.54) is 0 Å². The van der Waals surface area contributed by atoms with Gasteiger partial charge in [-0.25, -0.2) is 8.78 Å². The van der Waals surface area contributed by atoms with E-state index in [0.717, 1.165) is 12.8 Å². The van der Waals surface area contributed by atoms with Gasteiger partial charge in [0.05, 0.1) is 0 Å². The Morgan fingerprint density at radius 1 is 1.12 bits per heavy atom. The van der Waals surface area contributed by atoms with Crippen LogP contribution >= 0.6 is 0 Å². The normalized spacial score (nSPS) is 26.8. The number of likely N-dealkylation sites (tertiary alicyclic amines) is 1. The Bertz CT molecular complexity index is 315. The maximum Gasteiger partial charge on any atom is 0.249 e. The average molecular weight is 245 g/mol. The zero-order valence-corrected chi connectivity index (χ0v) is 10.9. The second-order valence-electron chi connectivity index (χ2n) is 6.75. The van der Waals surface area contributed by atoms with Gasteiger partial charge in [0.1, 0.15) is 0 Å². The molecule has 1 heterocycles. The molecule has 1 aliphatic heterocycles. The lowest BCUT2D eigenvalue weighted by atomic mass is 9.61. The van der Waals surface area contributed by atoms with Crippen LogP contribution in [0.15, 0.2) is 0 Å². The van der Waals surface area contributed by atoms with Crippen molar-refractivity contribution in [2.45, 2.75) is 52.4 Å². The number of carbonyl (C=O) groups excluding carboxylic acids is 1. The summed E-state index contributed by atoms with van der Waals surface area (Å²) in [5.74, 6) is -2.31. The Morgan fingerprint density at radius 2 is 1.59 bits per heavy atom. The van der Waals surface area contributed by atoms with Gasteiger partial charge in [-0.1, -0.05) is 20.8 Å². The minimum absolute atomic E-state index is 0.0253. The smallest absolute Gasteiger partial charge is 0.249 e. The largest absolute Gasteiger partial charge is 0.342 e. The van der Waals surface area contributed by atoms with Gasteiger partial charge in [-0.15, -0.1) is 0 Å². The Balaban J connectivity index is 1.90. The average Bonchev–Trinajstić information content (AvgIpc) is 2.13. The second-order valence-corrected chi connectivity index (χ2v) is 6.75. The Hall–Kier alpha value is -0.670. The van der Waals surface area contributed by atoms with Gasteiger partial charge in [0.25, 0.3) is 0 Å². The summed E-state index contributed by atoms with van der Waals surface area (Å²) in [6.07, 6.45) is 1.53. The summed E-state index contributed by atoms with van der Waals surface area (Å²) in [5.41, 5.74) is -0.535. The maximum absolute atomic E-state index is 12.9. The first-order chi connectivity index (χ1) is 7.64. The molecule has 1 saturated heterocycles. The topological polar surface area (TPSA) is 20.3 Å². The van der Waals surface area contributed by atoms with E-state index in [2.05, 4.69) is 0 Å². The van der Waals surface area contributed by atoms with Gasteiger partial charge in [-0.3, -0.25) is 4.79 Å². The fourth-order valence-corrected chi connectivity index (χ4v) is 3.06. The van der Waals surface area contributed by atoms with Crippen molar-refractivity contribution >= 4 is 5.91 Å². The number of hydrogen-bond donors (Lipinski definition) is 0. The van der Waals surface area contributed by atoms with Crippen molar-refractivity contribution in [3.8, 4) is 0 Å². The summed E-state index contributed by atoms with van der Waals surface area (Å²) in [6, 6.07) is 0. The van der Waals surface area contributed by atoms with Gasteiger partial charge in [0, 0.05) is 31.3 Å². The molecule has 2 rings (SSSR count). The van der Waals surface area contributed by atoms with Crippen LogP contribution in [-0.4, -0.2) is 29.8 Å². The molecule has 1 aliphatic carbocycles. The molecule has 1 spiro atoms. The highest BCUT2D eigenvalue weighted by Gasteiger charge is 2.57. The highest BCUT2D eigenvalue weighted by atomic mass is 19.3. The fourth-order valence-electron chi connectivity index (χ4n) is 3.06. The fraction of sp³-hybridized carbons (Fsp3) is 0.923. The van der Waals surface area contributed by atoms with E-state index in [0.29, 0.717) is 13.1 Å². The van der Waals surface area contributed by atoms with E-state index in [9.17, 15) is 13.6 Å². The van der Waals surface area contributed by atoms with E-state index in [-0.39, 0.29) is 29.6 Å². The summed E-state index contributed by atoms with van der Waals surface area (Å²) in [5, 5.41) is 0. The molecule has 4 heteroatoms. The number of nitrogens with zero attached hydrogens (tertiary/aromatic N) is 1. The lowest BCUT2D eigenvalue weighted by Gasteiger charge is -2.52. The van der Waals surface area contributed by atoms with E-state index in [4.69, 9.17) is 0 Å². The van der Waals surface area contributed by atoms with Crippen molar-refractivity contribution in [2.75, 3.05) is 13.1 Å². The zero-order chi connectivity index (χ0) is 12.9. The molecule has 1 amide bonds. The van der Waals surface area contributed by atoms with Crippen molar-refractivity contribution in [1.82, 2.24) is 4.90 Å². The Morgan fingerprint density at radius 3 is 1.94 bits per heavy atom. The van der Waals surface area contributed by atoms with Crippen molar-refractivity contribution in [3.63, 3.8) is 0 Å². The first kappa shape index (κ1) is 12.8. The van der Waals surface area contributed by atoms with E-state index >= 15 is 0 Å². The molecule has 1 saturated carbocycles. The van der Waals surface area contributed by atoms with Gasteiger partial charge < -0.3 is 4.90 Å². The van der Waals surface area contributed by atoms with Crippen molar-refractivity contribution in [1.29, 1.82) is 0 Å². The summed E-state index contributed by atoms with van der Waals surface area (Å²) in [7, 11) is 0. The summed E-state index contributed by atoms with van der Waals surface area (Å²) in [4.78, 5) is 13.9. The third-order valence-corrected chi connectivity index (χ3v) is 4.02. The van der Waals surface area contributed by atoms with E-state index in [1.54, 1.807) is 0 Å². The molecule has 0 unspecified atom stereocenters. The number of alkyl halides is 2. The highest BCUT2D eigenvalue weighted by Crippen LogP contribution is 2.57. The number of carbonyl (C=O) groups is 1. The van der Waals surface area contributed by atoms with Crippen LogP contribution in [0.2, 0.25) is 0 Å². The van der Waals surface area contributed by atoms with E-state index < -0.39 is 5.92 Å². The van der Waals surface area contributed by atoms with Crippen LogP contribution in [-0.2, 0) is 4.79 Å². The molecule has 0 radical (unpaired) electrons. The highest BCUT2D eigenvalue weighted by molar-refractivity contribution is 5.81. The molecule has 0 aromatic heterocycles. The molecule has 2 aliphatic rings. The molecule has 0 aromatic carbocycles. The minimum atomic E-state index is -2.45. The van der Waals surface area contributed by atoms with Crippen LogP contribution in [0.3, 0.4) is 0 Å². The zero-order valence-electron chi connectivity index (χ0n) is 10.9. The molecule has 0 bridgehead atoms. The second kappa shape index (κ2) is 3.66. The maximum atomic E-state index is 12.9. The first-order valence-electron chi connectivity index (χ1n) is 6.31. The van der Waals surface area contributed by atoms with Crippen LogP contribution in [0.4, 0.5) is 8.78 Å². The predicted molar refractivity (Wildman–Crippen MR) is 61.9 cm³/mol. The monoisotopic (exact) mass is 245 g/mol. The Kier molecular flexibility index (Phi) is 2.75. The molecule has 2 fully saturated rings. The molecule has 2 nitrogen and oxygen atoms in total. The van der Waals surface area contributed by atoms with Crippen LogP contribution in [0.1, 0.15) is 46.5 Å². The first-order valence-corrected chi connectivity index (χ1v) is 6.31. The van der Waals surface area contributed by atoms with Gasteiger partial charge in [-0.2, -0.15) is 0 Å². The van der Waals surface area contributed by atoms with Gasteiger partial charge in [0.2, 0.25) is 11.8 Å². The summed E-state index contributed by atoms with van der Waals surface area (Å²) < 4.78 is 25.9. The SMILES string of the molecule is CC(C)(C)C(=O)N1CCC2(CC1)CC(F)(F)C2. The molecule has 0 N–H and O–H groups in total. The molecule has 0 atom stereocenters.